The Morgan fingerprint density at radius 1 is 1.39 bits per heavy atom. The predicted molar refractivity (Wildman–Crippen MR) is 65.0 cm³/mol. The topological polar surface area (TPSA) is 57.6 Å². The molecule has 0 heterocycles. The standard InChI is InChI=1S/C13H16FNO3/c1-3-6-15(8-12(16)17)13(18)10-4-5-11(14)9(2)7-10/h4-5,7H,3,6,8H2,1-2H3,(H,16,17). The van der Waals surface area contributed by atoms with Gasteiger partial charge in [0.1, 0.15) is 12.4 Å². The highest BCUT2D eigenvalue weighted by Crippen LogP contribution is 2.12. The summed E-state index contributed by atoms with van der Waals surface area (Å²) in [5, 5.41) is 8.75. The highest BCUT2D eigenvalue weighted by Gasteiger charge is 2.18. The van der Waals surface area contributed by atoms with Crippen LogP contribution in [0.4, 0.5) is 4.39 Å². The number of carboxylic acid groups (broad SMARTS) is 1. The summed E-state index contributed by atoms with van der Waals surface area (Å²) in [5.41, 5.74) is 0.677. The van der Waals surface area contributed by atoms with Crippen LogP contribution in [-0.2, 0) is 4.79 Å². The van der Waals surface area contributed by atoms with E-state index in [4.69, 9.17) is 5.11 Å². The number of carboxylic acids is 1. The number of hydrogen-bond donors (Lipinski definition) is 1. The van der Waals surface area contributed by atoms with E-state index in [1.54, 1.807) is 6.92 Å². The molecule has 4 nitrogen and oxygen atoms in total. The number of carbonyl (C=O) groups excluding carboxylic acids is 1. The van der Waals surface area contributed by atoms with Gasteiger partial charge < -0.3 is 10.0 Å². The summed E-state index contributed by atoms with van der Waals surface area (Å²) in [7, 11) is 0. The second-order valence-corrected chi connectivity index (χ2v) is 4.08. The normalized spacial score (nSPS) is 10.2. The molecular weight excluding hydrogens is 237 g/mol. The van der Waals surface area contributed by atoms with E-state index in [2.05, 4.69) is 0 Å². The van der Waals surface area contributed by atoms with Gasteiger partial charge in [0.15, 0.2) is 0 Å². The zero-order valence-corrected chi connectivity index (χ0v) is 10.4. The molecule has 0 aliphatic carbocycles. The Morgan fingerprint density at radius 3 is 2.56 bits per heavy atom. The first-order valence-electron chi connectivity index (χ1n) is 5.73. The third kappa shape index (κ3) is 3.55. The first-order valence-corrected chi connectivity index (χ1v) is 5.73. The maximum absolute atomic E-state index is 13.1. The lowest BCUT2D eigenvalue weighted by atomic mass is 10.1. The number of carbonyl (C=O) groups is 2. The molecule has 0 unspecified atom stereocenters. The number of amides is 1. The molecule has 1 amide bonds. The zero-order valence-electron chi connectivity index (χ0n) is 10.4. The van der Waals surface area contributed by atoms with Crippen LogP contribution in [0.1, 0.15) is 29.3 Å². The van der Waals surface area contributed by atoms with Crippen LogP contribution < -0.4 is 0 Å². The molecular formula is C13H16FNO3. The molecule has 0 saturated carbocycles. The second-order valence-electron chi connectivity index (χ2n) is 4.08. The Hall–Kier alpha value is -1.91. The molecule has 0 aromatic heterocycles. The fourth-order valence-electron chi connectivity index (χ4n) is 1.65. The number of nitrogens with zero attached hydrogens (tertiary/aromatic N) is 1. The van der Waals surface area contributed by atoms with Crippen LogP contribution in [0, 0.1) is 12.7 Å². The van der Waals surface area contributed by atoms with Crippen molar-refractivity contribution in [3.8, 4) is 0 Å². The van der Waals surface area contributed by atoms with Gasteiger partial charge in [-0.15, -0.1) is 0 Å². The molecule has 1 rings (SSSR count). The molecule has 5 heteroatoms. The Balaban J connectivity index is 2.93. The minimum atomic E-state index is -1.06. The van der Waals surface area contributed by atoms with Crippen LogP contribution >= 0.6 is 0 Å². The van der Waals surface area contributed by atoms with E-state index >= 15 is 0 Å². The van der Waals surface area contributed by atoms with Gasteiger partial charge in [0, 0.05) is 12.1 Å². The van der Waals surface area contributed by atoms with E-state index in [1.165, 1.54) is 23.1 Å². The van der Waals surface area contributed by atoms with Crippen molar-refractivity contribution in [3.63, 3.8) is 0 Å². The van der Waals surface area contributed by atoms with Crippen molar-refractivity contribution in [2.75, 3.05) is 13.1 Å². The molecule has 0 aliphatic rings. The summed E-state index contributed by atoms with van der Waals surface area (Å²) in [6.45, 7) is 3.44. The minimum absolute atomic E-state index is 0.309. The van der Waals surface area contributed by atoms with Crippen molar-refractivity contribution in [1.82, 2.24) is 4.90 Å². The van der Waals surface area contributed by atoms with Crippen LogP contribution in [0.15, 0.2) is 18.2 Å². The van der Waals surface area contributed by atoms with Crippen LogP contribution in [0.3, 0.4) is 0 Å². The van der Waals surface area contributed by atoms with Crippen molar-refractivity contribution in [2.45, 2.75) is 20.3 Å². The van der Waals surface area contributed by atoms with Crippen molar-refractivity contribution in [2.24, 2.45) is 0 Å². The maximum atomic E-state index is 13.1. The number of benzene rings is 1. The monoisotopic (exact) mass is 253 g/mol. The Bertz CT molecular complexity index is 460. The molecule has 18 heavy (non-hydrogen) atoms. The Morgan fingerprint density at radius 2 is 2.06 bits per heavy atom. The Kier molecular flexibility index (Phi) is 4.83. The van der Waals surface area contributed by atoms with Crippen LogP contribution in [0.2, 0.25) is 0 Å². The maximum Gasteiger partial charge on any atom is 0.323 e. The molecule has 0 saturated heterocycles. The van der Waals surface area contributed by atoms with E-state index in [0.717, 1.165) is 0 Å². The number of hydrogen-bond acceptors (Lipinski definition) is 2. The third-order valence-electron chi connectivity index (χ3n) is 2.51. The van der Waals surface area contributed by atoms with Gasteiger partial charge in [-0.3, -0.25) is 9.59 Å². The molecule has 0 aliphatic heterocycles. The van der Waals surface area contributed by atoms with Crippen molar-refractivity contribution in [1.29, 1.82) is 0 Å². The third-order valence-corrected chi connectivity index (χ3v) is 2.51. The lowest BCUT2D eigenvalue weighted by Gasteiger charge is -2.20. The average molecular weight is 253 g/mol. The van der Waals surface area contributed by atoms with Gasteiger partial charge >= 0.3 is 5.97 Å². The highest BCUT2D eigenvalue weighted by atomic mass is 19.1. The van der Waals surface area contributed by atoms with Gasteiger partial charge in [0.05, 0.1) is 0 Å². The average Bonchev–Trinajstić information content (AvgIpc) is 2.31. The van der Waals surface area contributed by atoms with Gasteiger partial charge in [0.25, 0.3) is 5.91 Å². The summed E-state index contributed by atoms with van der Waals surface area (Å²) in [5.74, 6) is -1.83. The molecule has 1 N–H and O–H groups in total. The molecule has 0 radical (unpaired) electrons. The largest absolute Gasteiger partial charge is 0.480 e. The zero-order chi connectivity index (χ0) is 13.7. The van der Waals surface area contributed by atoms with E-state index in [-0.39, 0.29) is 18.3 Å². The van der Waals surface area contributed by atoms with Gasteiger partial charge in [-0.05, 0) is 37.1 Å². The summed E-state index contributed by atoms with van der Waals surface area (Å²) >= 11 is 0. The smallest absolute Gasteiger partial charge is 0.323 e. The lowest BCUT2D eigenvalue weighted by molar-refractivity contribution is -0.137. The fraction of sp³-hybridized carbons (Fsp3) is 0.385. The molecule has 0 spiro atoms. The predicted octanol–water partition coefficient (Wildman–Crippen LogP) is 2.07. The van der Waals surface area contributed by atoms with Crippen LogP contribution in [0.5, 0.6) is 0 Å². The lowest BCUT2D eigenvalue weighted by Crippen LogP contribution is -2.36. The molecule has 0 bridgehead atoms. The molecule has 1 aromatic rings. The highest BCUT2D eigenvalue weighted by molar-refractivity contribution is 5.96. The molecule has 0 fully saturated rings. The van der Waals surface area contributed by atoms with E-state index in [1.807, 2.05) is 6.92 Å². The first-order chi connectivity index (χ1) is 8.45. The van der Waals surface area contributed by atoms with E-state index in [9.17, 15) is 14.0 Å². The first kappa shape index (κ1) is 14.2. The number of rotatable bonds is 5. The quantitative estimate of drug-likeness (QED) is 0.874. The summed E-state index contributed by atoms with van der Waals surface area (Å²) in [4.78, 5) is 24.0. The van der Waals surface area contributed by atoms with Crippen LogP contribution in [-0.4, -0.2) is 35.0 Å². The van der Waals surface area contributed by atoms with Gasteiger partial charge in [0.2, 0.25) is 0 Å². The summed E-state index contributed by atoms with van der Waals surface area (Å²) in [6, 6.07) is 4.02. The van der Waals surface area contributed by atoms with E-state index in [0.29, 0.717) is 24.1 Å². The second kappa shape index (κ2) is 6.14. The van der Waals surface area contributed by atoms with Crippen molar-refractivity contribution < 1.29 is 19.1 Å². The van der Waals surface area contributed by atoms with Crippen LogP contribution in [0.25, 0.3) is 0 Å². The van der Waals surface area contributed by atoms with Gasteiger partial charge in [-0.25, -0.2) is 4.39 Å². The SMILES string of the molecule is CCCN(CC(=O)O)C(=O)c1ccc(F)c(C)c1. The number of aliphatic carboxylic acids is 1. The minimum Gasteiger partial charge on any atom is -0.480 e. The summed E-state index contributed by atoms with van der Waals surface area (Å²) < 4.78 is 13.1. The Labute approximate surface area is 105 Å². The summed E-state index contributed by atoms with van der Waals surface area (Å²) in [6.07, 6.45) is 0.666. The molecule has 0 atom stereocenters. The van der Waals surface area contributed by atoms with Gasteiger partial charge in [-0.1, -0.05) is 6.92 Å². The molecule has 98 valence electrons. The molecule has 1 aromatic carbocycles. The number of halogens is 1. The van der Waals surface area contributed by atoms with Gasteiger partial charge in [-0.2, -0.15) is 0 Å². The van der Waals surface area contributed by atoms with Crippen molar-refractivity contribution in [3.05, 3.63) is 35.1 Å². The van der Waals surface area contributed by atoms with Crippen molar-refractivity contribution >= 4 is 11.9 Å². The van der Waals surface area contributed by atoms with E-state index < -0.39 is 5.97 Å². The fourth-order valence-corrected chi connectivity index (χ4v) is 1.65. The number of aryl methyl sites for hydroxylation is 1.